The molecule has 1 atom stereocenters. The van der Waals surface area contributed by atoms with Gasteiger partial charge in [-0.3, -0.25) is 0 Å². The van der Waals surface area contributed by atoms with E-state index >= 15 is 0 Å². The maximum absolute atomic E-state index is 12.2. The Bertz CT molecular complexity index is 146. The Hall–Kier alpha value is -0.290. The molecule has 1 rings (SSSR count). The Morgan fingerprint density at radius 2 is 2.00 bits per heavy atom. The molecular formula is C7H13F3N2. The maximum atomic E-state index is 12.2. The number of halogens is 3. The van der Waals surface area contributed by atoms with Crippen molar-refractivity contribution in [1.82, 2.24) is 4.90 Å². The van der Waals surface area contributed by atoms with Gasteiger partial charge in [0.25, 0.3) is 0 Å². The zero-order valence-electron chi connectivity index (χ0n) is 6.77. The number of nitrogens with two attached hydrogens (primary N) is 1. The molecule has 2 N–H and O–H groups in total. The lowest BCUT2D eigenvalue weighted by Crippen LogP contribution is -2.51. The van der Waals surface area contributed by atoms with Crippen LogP contribution in [0, 0.1) is 0 Å². The van der Waals surface area contributed by atoms with Gasteiger partial charge in [-0.25, -0.2) is 4.90 Å². The molecular weight excluding hydrogens is 169 g/mol. The minimum absolute atomic E-state index is 0.0967. The molecule has 12 heavy (non-hydrogen) atoms. The highest BCUT2D eigenvalue weighted by molar-refractivity contribution is 4.78. The fourth-order valence-electron chi connectivity index (χ4n) is 1.58. The lowest BCUT2D eigenvalue weighted by Gasteiger charge is -2.35. The summed E-state index contributed by atoms with van der Waals surface area (Å²) in [4.78, 5) is 0.552. The highest BCUT2D eigenvalue weighted by atomic mass is 19.4. The Morgan fingerprint density at radius 3 is 2.42 bits per heavy atom. The third-order valence-corrected chi connectivity index (χ3v) is 2.22. The number of nitrogens with zero attached hydrogens (tertiary/aromatic N) is 1. The van der Waals surface area contributed by atoms with Gasteiger partial charge in [-0.05, 0) is 12.8 Å². The number of alkyl halides is 3. The van der Waals surface area contributed by atoms with E-state index in [4.69, 9.17) is 5.73 Å². The number of hydrogen-bond donors (Lipinski definition) is 1. The smallest absolute Gasteiger partial charge is 0.329 e. The van der Waals surface area contributed by atoms with E-state index in [2.05, 4.69) is 0 Å². The third-order valence-electron chi connectivity index (χ3n) is 2.22. The Labute approximate surface area is 69.5 Å². The van der Waals surface area contributed by atoms with E-state index in [0.717, 1.165) is 6.42 Å². The molecule has 1 aliphatic heterocycles. The van der Waals surface area contributed by atoms with Crippen molar-refractivity contribution < 1.29 is 13.2 Å². The number of likely N-dealkylation sites (tertiary alicyclic amines) is 1. The average molecular weight is 182 g/mol. The van der Waals surface area contributed by atoms with Crippen molar-refractivity contribution in [3.63, 3.8) is 0 Å². The SMILES string of the molecule is NCC1CCCCN1C(F)(F)F. The zero-order valence-corrected chi connectivity index (χ0v) is 6.77. The fourth-order valence-corrected chi connectivity index (χ4v) is 1.58. The summed E-state index contributed by atoms with van der Waals surface area (Å²) in [5.41, 5.74) is 5.25. The maximum Gasteiger partial charge on any atom is 0.460 e. The van der Waals surface area contributed by atoms with E-state index in [0.29, 0.717) is 17.7 Å². The van der Waals surface area contributed by atoms with Crippen LogP contribution in [0.3, 0.4) is 0 Å². The van der Waals surface area contributed by atoms with E-state index in [9.17, 15) is 13.2 Å². The van der Waals surface area contributed by atoms with Gasteiger partial charge in [-0.1, -0.05) is 6.42 Å². The standard InChI is InChI=1S/C7H13F3N2/c8-7(9,10)12-4-2-1-3-6(12)5-11/h6H,1-5,11H2. The molecule has 0 amide bonds. The first-order valence-corrected chi connectivity index (χ1v) is 4.09. The summed E-state index contributed by atoms with van der Waals surface area (Å²) < 4.78 is 36.7. The summed E-state index contributed by atoms with van der Waals surface area (Å²) in [6.45, 7) is 0.199. The summed E-state index contributed by atoms with van der Waals surface area (Å²) in [5.74, 6) is 0. The van der Waals surface area contributed by atoms with Gasteiger partial charge in [0.1, 0.15) is 0 Å². The van der Waals surface area contributed by atoms with Crippen molar-refractivity contribution in [2.24, 2.45) is 5.73 Å². The van der Waals surface area contributed by atoms with Crippen LogP contribution in [0.4, 0.5) is 13.2 Å². The fraction of sp³-hybridized carbons (Fsp3) is 1.00. The van der Waals surface area contributed by atoms with E-state index in [1.54, 1.807) is 0 Å². The Morgan fingerprint density at radius 1 is 1.33 bits per heavy atom. The first kappa shape index (κ1) is 9.80. The van der Waals surface area contributed by atoms with Crippen molar-refractivity contribution in [2.75, 3.05) is 13.1 Å². The predicted octanol–water partition coefficient (Wildman–Crippen LogP) is 1.32. The van der Waals surface area contributed by atoms with E-state index in [1.807, 2.05) is 0 Å². The van der Waals surface area contributed by atoms with Crippen LogP contribution in [0.2, 0.25) is 0 Å². The number of piperidine rings is 1. The van der Waals surface area contributed by atoms with Gasteiger partial charge in [0.05, 0.1) is 0 Å². The normalized spacial score (nSPS) is 27.5. The summed E-state index contributed by atoms with van der Waals surface area (Å²) in [7, 11) is 0. The van der Waals surface area contributed by atoms with Crippen LogP contribution in [0.25, 0.3) is 0 Å². The van der Waals surface area contributed by atoms with Crippen LogP contribution in [0.15, 0.2) is 0 Å². The Kier molecular flexibility index (Phi) is 2.95. The summed E-state index contributed by atoms with van der Waals surface area (Å²) in [5, 5.41) is 0. The molecule has 1 heterocycles. The lowest BCUT2D eigenvalue weighted by atomic mass is 10.0. The molecule has 5 heteroatoms. The molecule has 0 aliphatic carbocycles. The van der Waals surface area contributed by atoms with Crippen LogP contribution in [0.1, 0.15) is 19.3 Å². The lowest BCUT2D eigenvalue weighted by molar-refractivity contribution is -0.262. The highest BCUT2D eigenvalue weighted by Crippen LogP contribution is 2.28. The monoisotopic (exact) mass is 182 g/mol. The van der Waals surface area contributed by atoms with Gasteiger partial charge in [0.15, 0.2) is 0 Å². The molecule has 0 radical (unpaired) electrons. The summed E-state index contributed by atoms with van der Waals surface area (Å²) >= 11 is 0. The van der Waals surface area contributed by atoms with Crippen molar-refractivity contribution in [3.8, 4) is 0 Å². The molecule has 0 aromatic carbocycles. The first-order chi connectivity index (χ1) is 5.55. The number of hydrogen-bond acceptors (Lipinski definition) is 2. The van der Waals surface area contributed by atoms with E-state index in [1.165, 1.54) is 0 Å². The van der Waals surface area contributed by atoms with Gasteiger partial charge < -0.3 is 5.73 Å². The summed E-state index contributed by atoms with van der Waals surface area (Å²) in [6.07, 6.45) is -2.16. The van der Waals surface area contributed by atoms with Gasteiger partial charge in [-0.15, -0.1) is 0 Å². The third kappa shape index (κ3) is 2.10. The molecule has 1 aliphatic rings. The predicted molar refractivity (Wildman–Crippen MR) is 39.5 cm³/mol. The average Bonchev–Trinajstić information content (AvgIpc) is 2.03. The molecule has 0 aromatic rings. The van der Waals surface area contributed by atoms with Gasteiger partial charge >= 0.3 is 6.30 Å². The largest absolute Gasteiger partial charge is 0.460 e. The molecule has 0 aromatic heterocycles. The molecule has 2 nitrogen and oxygen atoms in total. The number of rotatable bonds is 1. The zero-order chi connectivity index (χ0) is 9.19. The molecule has 1 fully saturated rings. The molecule has 0 spiro atoms. The van der Waals surface area contributed by atoms with Crippen LogP contribution in [-0.2, 0) is 0 Å². The topological polar surface area (TPSA) is 29.3 Å². The second-order valence-corrected chi connectivity index (χ2v) is 3.05. The summed E-state index contributed by atoms with van der Waals surface area (Å²) in [6, 6.07) is -0.501. The van der Waals surface area contributed by atoms with Crippen molar-refractivity contribution in [3.05, 3.63) is 0 Å². The molecule has 72 valence electrons. The van der Waals surface area contributed by atoms with Crippen LogP contribution < -0.4 is 5.73 Å². The van der Waals surface area contributed by atoms with Crippen molar-refractivity contribution in [2.45, 2.75) is 31.6 Å². The quantitative estimate of drug-likeness (QED) is 0.620. The second kappa shape index (κ2) is 3.62. The highest BCUT2D eigenvalue weighted by Gasteiger charge is 2.42. The van der Waals surface area contributed by atoms with Crippen molar-refractivity contribution >= 4 is 0 Å². The van der Waals surface area contributed by atoms with Crippen molar-refractivity contribution in [1.29, 1.82) is 0 Å². The van der Waals surface area contributed by atoms with Crippen LogP contribution in [-0.4, -0.2) is 30.3 Å². The van der Waals surface area contributed by atoms with Gasteiger partial charge in [-0.2, -0.15) is 13.2 Å². The molecule has 0 bridgehead atoms. The van der Waals surface area contributed by atoms with Gasteiger partial charge in [0.2, 0.25) is 0 Å². The first-order valence-electron chi connectivity index (χ1n) is 4.09. The Balaban J connectivity index is 2.59. The molecule has 1 saturated heterocycles. The van der Waals surface area contributed by atoms with Gasteiger partial charge in [0, 0.05) is 19.1 Å². The molecule has 1 unspecified atom stereocenters. The van der Waals surface area contributed by atoms with Crippen LogP contribution >= 0.6 is 0 Å². The molecule has 0 saturated carbocycles. The second-order valence-electron chi connectivity index (χ2n) is 3.05. The van der Waals surface area contributed by atoms with E-state index in [-0.39, 0.29) is 13.1 Å². The van der Waals surface area contributed by atoms with E-state index < -0.39 is 12.3 Å². The van der Waals surface area contributed by atoms with Crippen LogP contribution in [0.5, 0.6) is 0 Å². The minimum atomic E-state index is -4.20. The minimum Gasteiger partial charge on any atom is -0.329 e.